The molecule has 2 aliphatic rings. The molecule has 0 saturated carbocycles. The molecule has 3 heterocycles. The maximum absolute atomic E-state index is 13.7. The zero-order valence-corrected chi connectivity index (χ0v) is 10.7. The number of anilines is 1. The maximum Gasteiger partial charge on any atom is 0.164 e. The summed E-state index contributed by atoms with van der Waals surface area (Å²) < 4.78 is 13.7. The second-order valence-corrected chi connectivity index (χ2v) is 5.56. The summed E-state index contributed by atoms with van der Waals surface area (Å²) in [6.45, 7) is 4.23. The molecule has 1 aromatic rings. The summed E-state index contributed by atoms with van der Waals surface area (Å²) in [7, 11) is 0. The van der Waals surface area contributed by atoms with Gasteiger partial charge in [-0.3, -0.25) is 4.98 Å². The van der Waals surface area contributed by atoms with Crippen LogP contribution < -0.4 is 10.2 Å². The third-order valence-electron chi connectivity index (χ3n) is 4.58. The van der Waals surface area contributed by atoms with E-state index >= 15 is 0 Å². The minimum Gasteiger partial charge on any atom is -0.369 e. The number of hydrogen-bond acceptors (Lipinski definition) is 3. The van der Waals surface area contributed by atoms with Crippen LogP contribution in [0.2, 0.25) is 0 Å². The number of nitrogens with one attached hydrogen (secondary N) is 1. The highest BCUT2D eigenvalue weighted by Gasteiger charge is 2.35. The van der Waals surface area contributed by atoms with Crippen molar-refractivity contribution in [3.05, 3.63) is 24.3 Å². The van der Waals surface area contributed by atoms with Gasteiger partial charge in [0.15, 0.2) is 5.82 Å². The summed E-state index contributed by atoms with van der Waals surface area (Å²) in [5, 5.41) is 3.43. The van der Waals surface area contributed by atoms with E-state index in [4.69, 9.17) is 0 Å². The topological polar surface area (TPSA) is 28.2 Å². The van der Waals surface area contributed by atoms with E-state index in [1.165, 1.54) is 31.9 Å². The average Bonchev–Trinajstić information content (AvgIpc) is 2.42. The van der Waals surface area contributed by atoms with Gasteiger partial charge in [0.05, 0.1) is 11.9 Å². The zero-order valence-electron chi connectivity index (χ0n) is 10.7. The smallest absolute Gasteiger partial charge is 0.164 e. The van der Waals surface area contributed by atoms with E-state index in [1.54, 1.807) is 12.3 Å². The minimum atomic E-state index is -0.196. The molecule has 0 atom stereocenters. The van der Waals surface area contributed by atoms with Gasteiger partial charge in [-0.25, -0.2) is 4.39 Å². The molecular weight excluding hydrogens is 229 g/mol. The third kappa shape index (κ3) is 2.21. The van der Waals surface area contributed by atoms with Crippen LogP contribution in [0.5, 0.6) is 0 Å². The number of pyridine rings is 1. The van der Waals surface area contributed by atoms with Crippen molar-refractivity contribution in [1.29, 1.82) is 0 Å². The van der Waals surface area contributed by atoms with Crippen molar-refractivity contribution in [3.8, 4) is 0 Å². The molecule has 4 heteroatoms. The molecule has 0 unspecified atom stereocenters. The van der Waals surface area contributed by atoms with Crippen molar-refractivity contribution in [2.45, 2.75) is 25.7 Å². The molecule has 98 valence electrons. The van der Waals surface area contributed by atoms with Gasteiger partial charge < -0.3 is 10.2 Å². The lowest BCUT2D eigenvalue weighted by Crippen LogP contribution is -2.45. The number of aromatic nitrogens is 1. The fourth-order valence-electron chi connectivity index (χ4n) is 3.30. The van der Waals surface area contributed by atoms with E-state index in [1.807, 2.05) is 0 Å². The molecule has 1 spiro atoms. The van der Waals surface area contributed by atoms with Gasteiger partial charge in [0.2, 0.25) is 0 Å². The lowest BCUT2D eigenvalue weighted by molar-refractivity contribution is 0.154. The number of piperidine rings is 2. The third-order valence-corrected chi connectivity index (χ3v) is 4.58. The first kappa shape index (κ1) is 11.9. The Kier molecular flexibility index (Phi) is 3.20. The first-order valence-electron chi connectivity index (χ1n) is 6.84. The number of rotatable bonds is 1. The highest BCUT2D eigenvalue weighted by atomic mass is 19.1. The monoisotopic (exact) mass is 249 g/mol. The normalized spacial score (nSPS) is 23.3. The van der Waals surface area contributed by atoms with Crippen LogP contribution in [0.25, 0.3) is 0 Å². The van der Waals surface area contributed by atoms with Gasteiger partial charge in [-0.1, -0.05) is 0 Å². The van der Waals surface area contributed by atoms with E-state index in [2.05, 4.69) is 15.2 Å². The van der Waals surface area contributed by atoms with Crippen LogP contribution in [0.15, 0.2) is 18.5 Å². The molecule has 0 amide bonds. The lowest BCUT2D eigenvalue weighted by atomic mass is 9.71. The van der Waals surface area contributed by atoms with Crippen molar-refractivity contribution in [1.82, 2.24) is 10.3 Å². The number of nitrogens with zero attached hydrogens (tertiary/aromatic N) is 2. The minimum absolute atomic E-state index is 0.196. The van der Waals surface area contributed by atoms with Gasteiger partial charge in [-0.05, 0) is 50.3 Å². The van der Waals surface area contributed by atoms with Crippen LogP contribution in [0.3, 0.4) is 0 Å². The first-order valence-corrected chi connectivity index (χ1v) is 6.84. The Morgan fingerprint density at radius 2 is 1.89 bits per heavy atom. The van der Waals surface area contributed by atoms with Gasteiger partial charge in [0.25, 0.3) is 0 Å². The molecule has 0 aliphatic carbocycles. The molecule has 1 N–H and O–H groups in total. The Balaban J connectivity index is 1.68. The van der Waals surface area contributed by atoms with Crippen molar-refractivity contribution < 1.29 is 4.39 Å². The Labute approximate surface area is 107 Å². The fraction of sp³-hybridized carbons (Fsp3) is 0.643. The van der Waals surface area contributed by atoms with E-state index in [0.29, 0.717) is 11.1 Å². The molecule has 2 aliphatic heterocycles. The number of hydrogen-bond donors (Lipinski definition) is 1. The standard InChI is InChI=1S/C14H20FN3/c15-12-11-17-6-1-13(12)18-9-4-14(5-10-18)2-7-16-8-3-14/h1,6,11,16H,2-5,7-10H2. The van der Waals surface area contributed by atoms with Crippen LogP contribution >= 0.6 is 0 Å². The average molecular weight is 249 g/mol. The summed E-state index contributed by atoms with van der Waals surface area (Å²) in [5.41, 5.74) is 1.24. The van der Waals surface area contributed by atoms with Crippen molar-refractivity contribution in [3.63, 3.8) is 0 Å². The van der Waals surface area contributed by atoms with Crippen molar-refractivity contribution >= 4 is 5.69 Å². The van der Waals surface area contributed by atoms with Gasteiger partial charge in [0.1, 0.15) is 0 Å². The van der Waals surface area contributed by atoms with Crippen molar-refractivity contribution in [2.24, 2.45) is 5.41 Å². The van der Waals surface area contributed by atoms with Crippen LogP contribution in [0.1, 0.15) is 25.7 Å². The van der Waals surface area contributed by atoms with Gasteiger partial charge in [0, 0.05) is 19.3 Å². The predicted octanol–water partition coefficient (Wildman–Crippen LogP) is 2.19. The molecule has 1 aromatic heterocycles. The van der Waals surface area contributed by atoms with E-state index in [0.717, 1.165) is 26.2 Å². The van der Waals surface area contributed by atoms with Crippen LogP contribution in [0, 0.1) is 11.2 Å². The molecule has 0 bridgehead atoms. The van der Waals surface area contributed by atoms with Gasteiger partial charge in [-0.2, -0.15) is 0 Å². The molecule has 0 aromatic carbocycles. The quantitative estimate of drug-likeness (QED) is 0.827. The highest BCUT2D eigenvalue weighted by molar-refractivity contribution is 5.46. The SMILES string of the molecule is Fc1cnccc1N1CCC2(CCNCC2)CC1. The molecule has 18 heavy (non-hydrogen) atoms. The van der Waals surface area contributed by atoms with E-state index < -0.39 is 0 Å². The largest absolute Gasteiger partial charge is 0.369 e. The predicted molar refractivity (Wildman–Crippen MR) is 70.2 cm³/mol. The summed E-state index contributed by atoms with van der Waals surface area (Å²) in [6, 6.07) is 1.79. The van der Waals surface area contributed by atoms with Crippen LogP contribution in [-0.4, -0.2) is 31.2 Å². The highest BCUT2D eigenvalue weighted by Crippen LogP contribution is 2.40. The summed E-state index contributed by atoms with van der Waals surface area (Å²) >= 11 is 0. The van der Waals surface area contributed by atoms with Crippen molar-refractivity contribution in [2.75, 3.05) is 31.1 Å². The molecule has 3 rings (SSSR count). The summed E-state index contributed by atoms with van der Waals surface area (Å²) in [6.07, 6.45) is 7.92. The van der Waals surface area contributed by atoms with Gasteiger partial charge >= 0.3 is 0 Å². The molecular formula is C14H20FN3. The Morgan fingerprint density at radius 3 is 2.56 bits per heavy atom. The molecule has 0 radical (unpaired) electrons. The summed E-state index contributed by atoms with van der Waals surface area (Å²) in [4.78, 5) is 5.98. The van der Waals surface area contributed by atoms with E-state index in [-0.39, 0.29) is 5.82 Å². The van der Waals surface area contributed by atoms with E-state index in [9.17, 15) is 4.39 Å². The van der Waals surface area contributed by atoms with Crippen LogP contribution in [0.4, 0.5) is 10.1 Å². The summed E-state index contributed by atoms with van der Waals surface area (Å²) in [5.74, 6) is -0.196. The first-order chi connectivity index (χ1) is 8.79. The number of halogens is 1. The zero-order chi connectivity index (χ0) is 12.4. The Morgan fingerprint density at radius 1 is 1.17 bits per heavy atom. The second-order valence-electron chi connectivity index (χ2n) is 5.56. The molecule has 2 saturated heterocycles. The fourth-order valence-corrected chi connectivity index (χ4v) is 3.30. The van der Waals surface area contributed by atoms with Crippen LogP contribution in [-0.2, 0) is 0 Å². The second kappa shape index (κ2) is 4.84. The molecule has 3 nitrogen and oxygen atoms in total. The van der Waals surface area contributed by atoms with Gasteiger partial charge in [-0.15, -0.1) is 0 Å². The Hall–Kier alpha value is -1.16. The lowest BCUT2D eigenvalue weighted by Gasteiger charge is -2.45. The molecule has 2 fully saturated rings. The Bertz CT molecular complexity index is 405. The maximum atomic E-state index is 13.7.